The van der Waals surface area contributed by atoms with Crippen LogP contribution >= 0.6 is 0 Å². The average molecular weight is 274 g/mol. The molecule has 0 saturated carbocycles. The Morgan fingerprint density at radius 3 is 2.53 bits per heavy atom. The number of alkyl halides is 3. The molecule has 1 aromatic heterocycles. The smallest absolute Gasteiger partial charge is 0.392 e. The molecule has 0 bridgehead atoms. The molecule has 0 fully saturated rings. The van der Waals surface area contributed by atoms with E-state index in [-0.39, 0.29) is 5.56 Å². The van der Waals surface area contributed by atoms with Gasteiger partial charge in [0.25, 0.3) is 0 Å². The minimum absolute atomic E-state index is 0.131. The van der Waals surface area contributed by atoms with E-state index in [1.165, 1.54) is 24.5 Å². The van der Waals surface area contributed by atoms with Gasteiger partial charge in [-0.15, -0.1) is 0 Å². The standard InChI is InChI=1S/C12H10F4N2O/c13-11-3-8(1-2-9(11)6-19)10-4-17-18(5-10)7-12(14,15)16/h1-5,19H,6-7H2. The van der Waals surface area contributed by atoms with E-state index in [2.05, 4.69) is 5.10 Å². The minimum atomic E-state index is -4.35. The van der Waals surface area contributed by atoms with Gasteiger partial charge in [-0.05, 0) is 11.6 Å². The summed E-state index contributed by atoms with van der Waals surface area (Å²) in [6, 6.07) is 4.05. The van der Waals surface area contributed by atoms with Crippen molar-refractivity contribution in [2.24, 2.45) is 0 Å². The molecule has 1 heterocycles. The van der Waals surface area contributed by atoms with Crippen LogP contribution in [0.15, 0.2) is 30.6 Å². The Bertz CT molecular complexity index is 577. The Morgan fingerprint density at radius 1 is 1.21 bits per heavy atom. The lowest BCUT2D eigenvalue weighted by Gasteiger charge is -2.05. The number of benzene rings is 1. The zero-order valence-electron chi connectivity index (χ0n) is 9.65. The van der Waals surface area contributed by atoms with Crippen LogP contribution in [-0.4, -0.2) is 21.1 Å². The van der Waals surface area contributed by atoms with E-state index in [0.717, 1.165) is 10.7 Å². The summed E-state index contributed by atoms with van der Waals surface area (Å²) in [6.07, 6.45) is -1.92. The molecule has 2 rings (SSSR count). The van der Waals surface area contributed by atoms with Gasteiger partial charge in [-0.25, -0.2) is 4.39 Å². The fourth-order valence-electron chi connectivity index (χ4n) is 1.64. The number of hydrogen-bond acceptors (Lipinski definition) is 2. The second-order valence-electron chi connectivity index (χ2n) is 4.01. The van der Waals surface area contributed by atoms with Gasteiger partial charge in [0.15, 0.2) is 0 Å². The van der Waals surface area contributed by atoms with Crippen molar-refractivity contribution < 1.29 is 22.7 Å². The monoisotopic (exact) mass is 274 g/mol. The zero-order valence-corrected chi connectivity index (χ0v) is 9.65. The molecule has 0 aliphatic rings. The topological polar surface area (TPSA) is 38.1 Å². The minimum Gasteiger partial charge on any atom is -0.392 e. The van der Waals surface area contributed by atoms with E-state index in [9.17, 15) is 17.6 Å². The van der Waals surface area contributed by atoms with Crippen molar-refractivity contribution in [3.05, 3.63) is 42.0 Å². The molecule has 7 heteroatoms. The highest BCUT2D eigenvalue weighted by atomic mass is 19.4. The van der Waals surface area contributed by atoms with Crippen LogP contribution in [0, 0.1) is 5.82 Å². The van der Waals surface area contributed by atoms with Gasteiger partial charge in [-0.3, -0.25) is 4.68 Å². The molecule has 1 aromatic carbocycles. The molecular weight excluding hydrogens is 264 g/mol. The number of nitrogens with zero attached hydrogens (tertiary/aromatic N) is 2. The fourth-order valence-corrected chi connectivity index (χ4v) is 1.64. The molecule has 0 atom stereocenters. The maximum Gasteiger partial charge on any atom is 0.408 e. The van der Waals surface area contributed by atoms with Crippen LogP contribution in [0.1, 0.15) is 5.56 Å². The number of rotatable bonds is 3. The molecule has 0 aliphatic heterocycles. The van der Waals surface area contributed by atoms with Gasteiger partial charge >= 0.3 is 6.18 Å². The van der Waals surface area contributed by atoms with Crippen molar-refractivity contribution >= 4 is 0 Å². The van der Waals surface area contributed by atoms with E-state index < -0.39 is 25.1 Å². The van der Waals surface area contributed by atoms with Gasteiger partial charge < -0.3 is 5.11 Å². The van der Waals surface area contributed by atoms with Gasteiger partial charge in [-0.2, -0.15) is 18.3 Å². The summed E-state index contributed by atoms with van der Waals surface area (Å²) in [7, 11) is 0. The van der Waals surface area contributed by atoms with E-state index in [0.29, 0.717) is 11.1 Å². The second-order valence-corrected chi connectivity index (χ2v) is 4.01. The number of aromatic nitrogens is 2. The molecule has 102 valence electrons. The van der Waals surface area contributed by atoms with Gasteiger partial charge in [-0.1, -0.05) is 12.1 Å². The van der Waals surface area contributed by atoms with E-state index >= 15 is 0 Å². The number of aliphatic hydroxyl groups excluding tert-OH is 1. The van der Waals surface area contributed by atoms with Crippen molar-refractivity contribution in [1.29, 1.82) is 0 Å². The first-order valence-electron chi connectivity index (χ1n) is 5.38. The van der Waals surface area contributed by atoms with Crippen LogP contribution in [0.3, 0.4) is 0 Å². The molecule has 0 aliphatic carbocycles. The molecule has 3 nitrogen and oxygen atoms in total. The highest BCUT2D eigenvalue weighted by Crippen LogP contribution is 2.23. The van der Waals surface area contributed by atoms with Crippen molar-refractivity contribution in [3.8, 4) is 11.1 Å². The van der Waals surface area contributed by atoms with Crippen LogP contribution in [0.4, 0.5) is 17.6 Å². The van der Waals surface area contributed by atoms with E-state index in [1.807, 2.05) is 0 Å². The summed E-state index contributed by atoms with van der Waals surface area (Å²) in [5, 5.41) is 12.4. The number of halogens is 4. The third-order valence-electron chi connectivity index (χ3n) is 2.53. The molecule has 0 saturated heterocycles. The van der Waals surface area contributed by atoms with Crippen molar-refractivity contribution in [2.75, 3.05) is 0 Å². The molecule has 0 spiro atoms. The lowest BCUT2D eigenvalue weighted by Crippen LogP contribution is -2.17. The largest absolute Gasteiger partial charge is 0.408 e. The van der Waals surface area contributed by atoms with Crippen LogP contribution in [0.25, 0.3) is 11.1 Å². The van der Waals surface area contributed by atoms with E-state index in [4.69, 9.17) is 5.11 Å². The molecule has 1 N–H and O–H groups in total. The maximum atomic E-state index is 13.4. The molecule has 19 heavy (non-hydrogen) atoms. The lowest BCUT2D eigenvalue weighted by molar-refractivity contribution is -0.142. The van der Waals surface area contributed by atoms with Crippen molar-refractivity contribution in [1.82, 2.24) is 9.78 Å². The molecule has 0 radical (unpaired) electrons. The Labute approximate surface area is 106 Å². The van der Waals surface area contributed by atoms with Crippen LogP contribution in [-0.2, 0) is 13.2 Å². The first-order valence-corrected chi connectivity index (χ1v) is 5.38. The van der Waals surface area contributed by atoms with Crippen LogP contribution < -0.4 is 0 Å². The fraction of sp³-hybridized carbons (Fsp3) is 0.250. The molecule has 0 amide bonds. The number of aliphatic hydroxyl groups is 1. The Morgan fingerprint density at radius 2 is 1.95 bits per heavy atom. The summed E-state index contributed by atoms with van der Waals surface area (Å²) in [4.78, 5) is 0. The van der Waals surface area contributed by atoms with Gasteiger partial charge in [0, 0.05) is 17.3 Å². The molecule has 2 aromatic rings. The van der Waals surface area contributed by atoms with Gasteiger partial charge in [0.05, 0.1) is 12.8 Å². The Hall–Kier alpha value is -1.89. The third-order valence-corrected chi connectivity index (χ3v) is 2.53. The summed E-state index contributed by atoms with van der Waals surface area (Å²) in [5.41, 5.74) is 0.919. The SMILES string of the molecule is OCc1ccc(-c2cnn(CC(F)(F)F)c2)cc1F. The molecular formula is C12H10F4N2O. The predicted molar refractivity (Wildman–Crippen MR) is 59.6 cm³/mol. The summed E-state index contributed by atoms with van der Waals surface area (Å²) < 4.78 is 50.7. The lowest BCUT2D eigenvalue weighted by atomic mass is 10.1. The first kappa shape index (κ1) is 13.5. The second kappa shape index (κ2) is 5.00. The Balaban J connectivity index is 2.25. The van der Waals surface area contributed by atoms with Crippen molar-refractivity contribution in [2.45, 2.75) is 19.3 Å². The summed E-state index contributed by atoms with van der Waals surface area (Å²) >= 11 is 0. The maximum absolute atomic E-state index is 13.4. The van der Waals surface area contributed by atoms with Crippen LogP contribution in [0.5, 0.6) is 0 Å². The third kappa shape index (κ3) is 3.31. The Kier molecular flexibility index (Phi) is 3.57. The summed E-state index contributed by atoms with van der Waals surface area (Å²) in [6.45, 7) is -1.62. The zero-order chi connectivity index (χ0) is 14.0. The first-order chi connectivity index (χ1) is 8.89. The van der Waals surface area contributed by atoms with Gasteiger partial charge in [0.1, 0.15) is 12.4 Å². The highest BCUT2D eigenvalue weighted by molar-refractivity contribution is 5.62. The quantitative estimate of drug-likeness (QED) is 0.874. The van der Waals surface area contributed by atoms with Crippen molar-refractivity contribution in [3.63, 3.8) is 0 Å². The highest BCUT2D eigenvalue weighted by Gasteiger charge is 2.28. The van der Waals surface area contributed by atoms with E-state index in [1.54, 1.807) is 0 Å². The normalized spacial score (nSPS) is 11.8. The summed E-state index contributed by atoms with van der Waals surface area (Å²) in [5.74, 6) is -0.608. The van der Waals surface area contributed by atoms with Crippen LogP contribution in [0.2, 0.25) is 0 Å². The average Bonchev–Trinajstić information content (AvgIpc) is 2.75. The number of hydrogen-bond donors (Lipinski definition) is 1. The van der Waals surface area contributed by atoms with Gasteiger partial charge in [0.2, 0.25) is 0 Å². The predicted octanol–water partition coefficient (Wildman–Crippen LogP) is 2.74. The molecule has 0 unspecified atom stereocenters.